The molecule has 0 aromatic heterocycles. The summed E-state index contributed by atoms with van der Waals surface area (Å²) in [4.78, 5) is 2.51. The van der Waals surface area contributed by atoms with Crippen molar-refractivity contribution in [2.24, 2.45) is 0 Å². The van der Waals surface area contributed by atoms with Crippen LogP contribution < -0.4 is 14.8 Å². The minimum Gasteiger partial charge on any atom is -0.493 e. The second-order valence-electron chi connectivity index (χ2n) is 7.36. The molecular weight excluding hydrogens is 352 g/mol. The average molecular weight is 385 g/mol. The monoisotopic (exact) mass is 384 g/mol. The highest BCUT2D eigenvalue weighted by atomic mass is 16.5. The van der Waals surface area contributed by atoms with E-state index in [4.69, 9.17) is 14.2 Å². The fourth-order valence-corrected chi connectivity index (χ4v) is 3.55. The van der Waals surface area contributed by atoms with Gasteiger partial charge < -0.3 is 19.5 Å². The average Bonchev–Trinajstić information content (AvgIpc) is 2.73. The summed E-state index contributed by atoms with van der Waals surface area (Å²) in [6.45, 7) is 9.25. The predicted molar refractivity (Wildman–Crippen MR) is 112 cm³/mol. The molecule has 1 saturated heterocycles. The molecule has 5 nitrogen and oxygen atoms in total. The number of nitrogens with one attached hydrogen (secondary N) is 1. The molecule has 0 bridgehead atoms. The minimum atomic E-state index is 0.123. The molecule has 0 spiro atoms. The number of nitrogens with zero attached hydrogens (tertiary/aromatic N) is 1. The topological polar surface area (TPSA) is 43.0 Å². The van der Waals surface area contributed by atoms with E-state index in [0.717, 1.165) is 50.9 Å². The molecule has 1 fully saturated rings. The first kappa shape index (κ1) is 20.6. The summed E-state index contributed by atoms with van der Waals surface area (Å²) in [7, 11) is 1.68. The number of methoxy groups -OCH3 is 1. The Morgan fingerprint density at radius 3 is 2.46 bits per heavy atom. The van der Waals surface area contributed by atoms with Gasteiger partial charge in [-0.2, -0.15) is 0 Å². The van der Waals surface area contributed by atoms with Crippen LogP contribution in [0.2, 0.25) is 0 Å². The van der Waals surface area contributed by atoms with E-state index in [1.807, 2.05) is 19.9 Å². The van der Waals surface area contributed by atoms with Gasteiger partial charge in [-0.3, -0.25) is 4.90 Å². The van der Waals surface area contributed by atoms with Gasteiger partial charge in [-0.25, -0.2) is 0 Å². The van der Waals surface area contributed by atoms with Crippen LogP contribution in [0.25, 0.3) is 0 Å². The van der Waals surface area contributed by atoms with Crippen molar-refractivity contribution in [3.05, 3.63) is 59.7 Å². The molecule has 0 amide bonds. The molecule has 0 aliphatic carbocycles. The van der Waals surface area contributed by atoms with Gasteiger partial charge >= 0.3 is 0 Å². The standard InChI is InChI=1S/C23H32N2O3/c1-18(2)28-22-10-9-19(15-23(22)26-3)16-24-17-21(20-7-5-4-6-8-20)25-11-13-27-14-12-25/h4-10,15,18,21,24H,11-14,16-17H2,1-3H3. The van der Waals surface area contributed by atoms with Gasteiger partial charge in [0.25, 0.3) is 0 Å². The zero-order valence-electron chi connectivity index (χ0n) is 17.2. The maximum atomic E-state index is 5.81. The Balaban J connectivity index is 1.63. The lowest BCUT2D eigenvalue weighted by molar-refractivity contribution is 0.0161. The Labute approximate surface area is 168 Å². The van der Waals surface area contributed by atoms with Crippen molar-refractivity contribution in [2.45, 2.75) is 32.5 Å². The molecule has 1 atom stereocenters. The lowest BCUT2D eigenvalue weighted by Gasteiger charge is -2.35. The van der Waals surface area contributed by atoms with Gasteiger partial charge in [-0.15, -0.1) is 0 Å². The Morgan fingerprint density at radius 2 is 1.79 bits per heavy atom. The molecule has 1 unspecified atom stereocenters. The number of morpholine rings is 1. The first-order valence-corrected chi connectivity index (χ1v) is 10.1. The van der Waals surface area contributed by atoms with Gasteiger partial charge in [0.1, 0.15) is 0 Å². The summed E-state index contributed by atoms with van der Waals surface area (Å²) in [5.41, 5.74) is 2.52. The molecule has 1 heterocycles. The Morgan fingerprint density at radius 1 is 1.04 bits per heavy atom. The second-order valence-corrected chi connectivity index (χ2v) is 7.36. The largest absolute Gasteiger partial charge is 0.493 e. The van der Waals surface area contributed by atoms with E-state index in [1.165, 1.54) is 11.1 Å². The molecule has 1 aliphatic heterocycles. The SMILES string of the molecule is COc1cc(CNCC(c2ccccc2)N2CCOCC2)ccc1OC(C)C. The molecule has 1 aliphatic rings. The van der Waals surface area contributed by atoms with E-state index in [9.17, 15) is 0 Å². The normalized spacial score (nSPS) is 16.1. The second kappa shape index (κ2) is 10.5. The van der Waals surface area contributed by atoms with Crippen LogP contribution in [0.15, 0.2) is 48.5 Å². The molecule has 3 rings (SSSR count). The van der Waals surface area contributed by atoms with Crippen LogP contribution in [0.5, 0.6) is 11.5 Å². The smallest absolute Gasteiger partial charge is 0.161 e. The lowest BCUT2D eigenvalue weighted by atomic mass is 10.0. The van der Waals surface area contributed by atoms with Crippen molar-refractivity contribution in [3.8, 4) is 11.5 Å². The van der Waals surface area contributed by atoms with Gasteiger partial charge in [0.05, 0.1) is 26.4 Å². The zero-order valence-corrected chi connectivity index (χ0v) is 17.2. The van der Waals surface area contributed by atoms with E-state index >= 15 is 0 Å². The Kier molecular flexibility index (Phi) is 7.71. The van der Waals surface area contributed by atoms with Crippen molar-refractivity contribution in [3.63, 3.8) is 0 Å². The van der Waals surface area contributed by atoms with Crippen LogP contribution >= 0.6 is 0 Å². The molecular formula is C23H32N2O3. The quantitative estimate of drug-likeness (QED) is 0.715. The summed E-state index contributed by atoms with van der Waals surface area (Å²) in [5.74, 6) is 1.57. The van der Waals surface area contributed by atoms with Crippen LogP contribution in [-0.4, -0.2) is 51.0 Å². The first-order valence-electron chi connectivity index (χ1n) is 10.1. The molecule has 0 radical (unpaired) electrons. The molecule has 152 valence electrons. The van der Waals surface area contributed by atoms with Crippen LogP contribution in [0.3, 0.4) is 0 Å². The molecule has 1 N–H and O–H groups in total. The number of benzene rings is 2. The highest BCUT2D eigenvalue weighted by molar-refractivity contribution is 5.43. The van der Waals surface area contributed by atoms with E-state index in [1.54, 1.807) is 7.11 Å². The third-order valence-corrected chi connectivity index (χ3v) is 4.93. The summed E-state index contributed by atoms with van der Waals surface area (Å²) >= 11 is 0. The number of rotatable bonds is 9. The van der Waals surface area contributed by atoms with Gasteiger partial charge in [0.15, 0.2) is 11.5 Å². The third kappa shape index (κ3) is 5.71. The fraction of sp³-hybridized carbons (Fsp3) is 0.478. The van der Waals surface area contributed by atoms with E-state index in [2.05, 4.69) is 52.7 Å². The van der Waals surface area contributed by atoms with Gasteiger partial charge in [-0.05, 0) is 37.1 Å². The summed E-state index contributed by atoms with van der Waals surface area (Å²) in [6.07, 6.45) is 0.123. The molecule has 2 aromatic rings. The van der Waals surface area contributed by atoms with Crippen molar-refractivity contribution in [1.82, 2.24) is 10.2 Å². The zero-order chi connectivity index (χ0) is 19.8. The summed E-state index contributed by atoms with van der Waals surface area (Å²) in [5, 5.41) is 3.63. The van der Waals surface area contributed by atoms with Crippen LogP contribution in [0.4, 0.5) is 0 Å². The Hall–Kier alpha value is -2.08. The van der Waals surface area contributed by atoms with Gasteiger partial charge in [-0.1, -0.05) is 36.4 Å². The van der Waals surface area contributed by atoms with Crippen molar-refractivity contribution in [2.75, 3.05) is 40.0 Å². The third-order valence-electron chi connectivity index (χ3n) is 4.93. The molecule has 2 aromatic carbocycles. The Bertz CT molecular complexity index is 715. The minimum absolute atomic E-state index is 0.123. The van der Waals surface area contributed by atoms with Crippen molar-refractivity contribution >= 4 is 0 Å². The predicted octanol–water partition coefficient (Wildman–Crippen LogP) is 3.65. The van der Waals surface area contributed by atoms with Crippen LogP contribution in [-0.2, 0) is 11.3 Å². The summed E-state index contributed by atoms with van der Waals surface area (Å²) < 4.78 is 16.8. The lowest BCUT2D eigenvalue weighted by Crippen LogP contribution is -2.42. The van der Waals surface area contributed by atoms with Gasteiger partial charge in [0, 0.05) is 32.2 Å². The number of hydrogen-bond donors (Lipinski definition) is 1. The molecule has 5 heteroatoms. The highest BCUT2D eigenvalue weighted by Gasteiger charge is 2.22. The van der Waals surface area contributed by atoms with E-state index in [-0.39, 0.29) is 6.10 Å². The van der Waals surface area contributed by atoms with Crippen LogP contribution in [0, 0.1) is 0 Å². The van der Waals surface area contributed by atoms with Gasteiger partial charge in [0.2, 0.25) is 0 Å². The van der Waals surface area contributed by atoms with Crippen molar-refractivity contribution in [1.29, 1.82) is 0 Å². The number of ether oxygens (including phenoxy) is 3. The molecule has 28 heavy (non-hydrogen) atoms. The maximum absolute atomic E-state index is 5.81. The highest BCUT2D eigenvalue weighted by Crippen LogP contribution is 2.29. The van der Waals surface area contributed by atoms with E-state index in [0.29, 0.717) is 6.04 Å². The maximum Gasteiger partial charge on any atom is 0.161 e. The summed E-state index contributed by atoms with van der Waals surface area (Å²) in [6, 6.07) is 17.2. The first-order chi connectivity index (χ1) is 13.7. The van der Waals surface area contributed by atoms with E-state index < -0.39 is 0 Å². The van der Waals surface area contributed by atoms with Crippen LogP contribution in [0.1, 0.15) is 31.0 Å². The number of hydrogen-bond acceptors (Lipinski definition) is 5. The van der Waals surface area contributed by atoms with Crippen molar-refractivity contribution < 1.29 is 14.2 Å². The molecule has 0 saturated carbocycles. The fourth-order valence-electron chi connectivity index (χ4n) is 3.55.